The van der Waals surface area contributed by atoms with Gasteiger partial charge in [-0.05, 0) is 28.7 Å². The highest BCUT2D eigenvalue weighted by molar-refractivity contribution is 14.1. The van der Waals surface area contributed by atoms with Crippen LogP contribution in [0.4, 0.5) is 8.78 Å². The molecule has 0 bridgehead atoms. The van der Waals surface area contributed by atoms with E-state index in [2.05, 4.69) is 4.98 Å². The van der Waals surface area contributed by atoms with Gasteiger partial charge in [0, 0.05) is 3.57 Å². The summed E-state index contributed by atoms with van der Waals surface area (Å²) in [6, 6.07) is 1.22. The Balaban J connectivity index is 3.44. The van der Waals surface area contributed by atoms with Crippen molar-refractivity contribution in [2.75, 3.05) is 0 Å². The quantitative estimate of drug-likeness (QED) is 0.669. The molecular weight excluding hydrogens is 330 g/mol. The predicted molar refractivity (Wildman–Crippen MR) is 53.9 cm³/mol. The average molecular weight is 333 g/mol. The molecule has 7 heteroatoms. The van der Waals surface area contributed by atoms with Crippen LogP contribution < -0.4 is 0 Å². The molecule has 1 heterocycles. The summed E-state index contributed by atoms with van der Waals surface area (Å²) in [6.07, 6.45) is -2.95. The van der Waals surface area contributed by atoms with Gasteiger partial charge < -0.3 is 5.11 Å². The summed E-state index contributed by atoms with van der Waals surface area (Å²) in [6.45, 7) is 0. The molecule has 0 unspecified atom stereocenters. The third-order valence-electron chi connectivity index (χ3n) is 1.39. The lowest BCUT2D eigenvalue weighted by molar-refractivity contribution is 0.0681. The number of carboxylic acid groups (broad SMARTS) is 1. The molecule has 0 atom stereocenters. The van der Waals surface area contributed by atoms with Crippen molar-refractivity contribution < 1.29 is 18.7 Å². The van der Waals surface area contributed by atoms with Crippen molar-refractivity contribution in [1.29, 1.82) is 0 Å². The number of carbonyl (C=O) groups is 1. The highest BCUT2D eigenvalue weighted by atomic mass is 127. The number of alkyl halides is 2. The molecule has 0 spiro atoms. The lowest BCUT2D eigenvalue weighted by atomic mass is 10.2. The minimum Gasteiger partial charge on any atom is -0.478 e. The van der Waals surface area contributed by atoms with Crippen LogP contribution in [0, 0.1) is 3.57 Å². The standard InChI is InChI=1S/C7H3ClF2INO2/c8-3-1-2(11)4(7(13)14)5(12-3)6(9)10/h1,6H,(H,13,14). The Kier molecular flexibility index (Phi) is 3.59. The molecule has 0 aliphatic rings. The molecule has 0 saturated heterocycles. The van der Waals surface area contributed by atoms with Gasteiger partial charge in [-0.1, -0.05) is 11.6 Å². The number of halogens is 4. The lowest BCUT2D eigenvalue weighted by Gasteiger charge is -2.06. The van der Waals surface area contributed by atoms with Gasteiger partial charge in [0.25, 0.3) is 6.43 Å². The summed E-state index contributed by atoms with van der Waals surface area (Å²) in [7, 11) is 0. The molecule has 0 fully saturated rings. The van der Waals surface area contributed by atoms with E-state index in [1.54, 1.807) is 22.6 Å². The number of rotatable bonds is 2. The molecule has 1 rings (SSSR count). The van der Waals surface area contributed by atoms with E-state index < -0.39 is 23.7 Å². The summed E-state index contributed by atoms with van der Waals surface area (Å²) in [5.41, 5.74) is -1.29. The lowest BCUT2D eigenvalue weighted by Crippen LogP contribution is -2.08. The van der Waals surface area contributed by atoms with Gasteiger partial charge in [0.05, 0.1) is 0 Å². The largest absolute Gasteiger partial charge is 0.478 e. The van der Waals surface area contributed by atoms with Crippen LogP contribution in [-0.4, -0.2) is 16.1 Å². The van der Waals surface area contributed by atoms with E-state index in [9.17, 15) is 13.6 Å². The predicted octanol–water partition coefficient (Wildman–Crippen LogP) is 2.98. The maximum absolute atomic E-state index is 12.4. The van der Waals surface area contributed by atoms with Gasteiger partial charge in [-0.3, -0.25) is 0 Å². The molecule has 0 aromatic carbocycles. The third kappa shape index (κ3) is 2.30. The summed E-state index contributed by atoms with van der Waals surface area (Å²) in [4.78, 5) is 13.9. The summed E-state index contributed by atoms with van der Waals surface area (Å²) < 4.78 is 24.9. The van der Waals surface area contributed by atoms with E-state index in [1.165, 1.54) is 6.07 Å². The van der Waals surface area contributed by atoms with Gasteiger partial charge in [-0.2, -0.15) is 0 Å². The Morgan fingerprint density at radius 3 is 2.64 bits per heavy atom. The van der Waals surface area contributed by atoms with Crippen molar-refractivity contribution >= 4 is 40.2 Å². The van der Waals surface area contributed by atoms with E-state index in [0.717, 1.165) is 0 Å². The molecule has 0 aliphatic carbocycles. The number of hydrogen-bond acceptors (Lipinski definition) is 2. The Morgan fingerprint density at radius 1 is 1.64 bits per heavy atom. The molecule has 0 aliphatic heterocycles. The number of pyridine rings is 1. The first kappa shape index (κ1) is 11.6. The van der Waals surface area contributed by atoms with Crippen LogP contribution in [-0.2, 0) is 0 Å². The Morgan fingerprint density at radius 2 is 2.21 bits per heavy atom. The van der Waals surface area contributed by atoms with E-state index in [4.69, 9.17) is 16.7 Å². The molecule has 0 radical (unpaired) electrons. The second kappa shape index (κ2) is 4.35. The molecule has 76 valence electrons. The van der Waals surface area contributed by atoms with Crippen molar-refractivity contribution in [3.8, 4) is 0 Å². The molecule has 1 N–H and O–H groups in total. The van der Waals surface area contributed by atoms with Crippen LogP contribution in [0.15, 0.2) is 6.07 Å². The van der Waals surface area contributed by atoms with Crippen molar-refractivity contribution in [2.24, 2.45) is 0 Å². The topological polar surface area (TPSA) is 50.2 Å². The number of aromatic nitrogens is 1. The van der Waals surface area contributed by atoms with Crippen LogP contribution in [0.1, 0.15) is 22.5 Å². The Labute approximate surface area is 96.2 Å². The first-order valence-corrected chi connectivity index (χ1v) is 4.76. The first-order valence-electron chi connectivity index (χ1n) is 3.31. The fraction of sp³-hybridized carbons (Fsp3) is 0.143. The molecular formula is C7H3ClF2INO2. The number of aromatic carboxylic acids is 1. The number of nitrogens with zero attached hydrogens (tertiary/aromatic N) is 1. The van der Waals surface area contributed by atoms with Crippen LogP contribution >= 0.6 is 34.2 Å². The van der Waals surface area contributed by atoms with Crippen molar-refractivity contribution in [2.45, 2.75) is 6.43 Å². The summed E-state index contributed by atoms with van der Waals surface area (Å²) in [5.74, 6) is -1.44. The first-order chi connectivity index (χ1) is 6.43. The van der Waals surface area contributed by atoms with E-state index in [0.29, 0.717) is 0 Å². The van der Waals surface area contributed by atoms with E-state index in [1.807, 2.05) is 0 Å². The molecule has 14 heavy (non-hydrogen) atoms. The highest BCUT2D eigenvalue weighted by Crippen LogP contribution is 2.27. The smallest absolute Gasteiger partial charge is 0.338 e. The van der Waals surface area contributed by atoms with Crippen LogP contribution in [0.25, 0.3) is 0 Å². The number of carboxylic acids is 1. The minimum absolute atomic E-state index is 0.144. The van der Waals surface area contributed by atoms with Gasteiger partial charge in [0.15, 0.2) is 0 Å². The maximum atomic E-state index is 12.4. The van der Waals surface area contributed by atoms with Crippen molar-refractivity contribution in [3.63, 3.8) is 0 Å². The minimum atomic E-state index is -2.95. The van der Waals surface area contributed by atoms with Gasteiger partial charge in [0.1, 0.15) is 16.4 Å². The normalized spacial score (nSPS) is 10.6. The van der Waals surface area contributed by atoms with E-state index in [-0.39, 0.29) is 8.72 Å². The molecule has 3 nitrogen and oxygen atoms in total. The molecule has 1 aromatic rings. The second-order valence-electron chi connectivity index (χ2n) is 2.29. The molecule has 1 aromatic heterocycles. The van der Waals surface area contributed by atoms with Gasteiger partial charge in [-0.25, -0.2) is 18.6 Å². The average Bonchev–Trinajstić information content (AvgIpc) is 2.01. The second-order valence-corrected chi connectivity index (χ2v) is 3.84. The Bertz CT molecular complexity index is 386. The maximum Gasteiger partial charge on any atom is 0.338 e. The zero-order valence-electron chi connectivity index (χ0n) is 6.47. The monoisotopic (exact) mass is 333 g/mol. The molecule has 0 amide bonds. The highest BCUT2D eigenvalue weighted by Gasteiger charge is 2.23. The van der Waals surface area contributed by atoms with Gasteiger partial charge in [0.2, 0.25) is 0 Å². The van der Waals surface area contributed by atoms with Gasteiger partial charge in [-0.15, -0.1) is 0 Å². The SMILES string of the molecule is O=C(O)c1c(I)cc(Cl)nc1C(F)F. The number of hydrogen-bond donors (Lipinski definition) is 1. The summed E-state index contributed by atoms with van der Waals surface area (Å²) in [5, 5.41) is 8.52. The van der Waals surface area contributed by atoms with Crippen molar-refractivity contribution in [1.82, 2.24) is 4.98 Å². The van der Waals surface area contributed by atoms with Crippen LogP contribution in [0.2, 0.25) is 5.15 Å². The zero-order chi connectivity index (χ0) is 10.9. The molecule has 0 saturated carbocycles. The zero-order valence-corrected chi connectivity index (χ0v) is 9.38. The van der Waals surface area contributed by atoms with Crippen LogP contribution in [0.3, 0.4) is 0 Å². The van der Waals surface area contributed by atoms with Crippen molar-refractivity contribution in [3.05, 3.63) is 26.0 Å². The third-order valence-corrected chi connectivity index (χ3v) is 2.43. The Hall–Kier alpha value is -0.500. The van der Waals surface area contributed by atoms with Crippen LogP contribution in [0.5, 0.6) is 0 Å². The van der Waals surface area contributed by atoms with Gasteiger partial charge >= 0.3 is 5.97 Å². The fourth-order valence-electron chi connectivity index (χ4n) is 0.872. The fourth-order valence-corrected chi connectivity index (χ4v) is 2.06. The van der Waals surface area contributed by atoms with E-state index >= 15 is 0 Å². The summed E-state index contributed by atoms with van der Waals surface area (Å²) >= 11 is 7.05.